The summed E-state index contributed by atoms with van der Waals surface area (Å²) in [6.07, 6.45) is 1.47. The lowest BCUT2D eigenvalue weighted by atomic mass is 10.2. The molecule has 0 heterocycles. The van der Waals surface area contributed by atoms with Gasteiger partial charge >= 0.3 is 5.97 Å². The van der Waals surface area contributed by atoms with Crippen LogP contribution in [0.1, 0.15) is 10.4 Å². The van der Waals surface area contributed by atoms with Crippen LogP contribution in [0.5, 0.6) is 0 Å². The maximum atomic E-state index is 11.8. The zero-order chi connectivity index (χ0) is 16.7. The Morgan fingerprint density at radius 1 is 1.00 bits per heavy atom. The van der Waals surface area contributed by atoms with Crippen molar-refractivity contribution in [1.29, 1.82) is 0 Å². The Balaban J connectivity index is 1.87. The second-order valence-electron chi connectivity index (χ2n) is 4.65. The number of aromatic carboxylic acids is 1. The number of carbonyl (C=O) groups is 1. The molecule has 7 heteroatoms. The molecule has 0 aliphatic heterocycles. The first-order valence-electron chi connectivity index (χ1n) is 6.78. The van der Waals surface area contributed by atoms with Crippen LogP contribution in [0.2, 0.25) is 0 Å². The fourth-order valence-corrected chi connectivity index (χ4v) is 2.67. The molecule has 6 nitrogen and oxygen atoms in total. The fraction of sp³-hybridized carbons (Fsp3) is 0.0625. The van der Waals surface area contributed by atoms with E-state index in [1.54, 1.807) is 42.5 Å². The molecule has 0 radical (unpaired) electrons. The first kappa shape index (κ1) is 16.6. The van der Waals surface area contributed by atoms with Gasteiger partial charge in [0.05, 0.1) is 5.56 Å². The average Bonchev–Trinajstić information content (AvgIpc) is 2.52. The summed E-state index contributed by atoms with van der Waals surface area (Å²) >= 11 is 0. The highest BCUT2D eigenvalue weighted by Crippen LogP contribution is 2.10. The third kappa shape index (κ3) is 5.48. The Labute approximate surface area is 134 Å². The molecule has 0 aliphatic rings. The maximum absolute atomic E-state index is 11.8. The molecular formula is C16H16N2O4S. The van der Waals surface area contributed by atoms with Gasteiger partial charge in [-0.25, -0.2) is 13.2 Å². The van der Waals surface area contributed by atoms with Crippen molar-refractivity contribution in [3.05, 3.63) is 71.6 Å². The van der Waals surface area contributed by atoms with Crippen LogP contribution in [0.4, 0.5) is 11.4 Å². The predicted octanol–water partition coefficient (Wildman–Crippen LogP) is 2.75. The number of para-hydroxylation sites is 1. The molecule has 120 valence electrons. The fourth-order valence-electron chi connectivity index (χ4n) is 1.79. The van der Waals surface area contributed by atoms with Crippen LogP contribution in [0, 0.1) is 0 Å². The predicted molar refractivity (Wildman–Crippen MR) is 90.0 cm³/mol. The van der Waals surface area contributed by atoms with E-state index in [0.29, 0.717) is 17.9 Å². The standard InChI is InChI=1S/C16H16N2O4S/c19-16(20)13-7-9-14(10-8-13)17-11-4-12-23(21,22)18-15-5-2-1-3-6-15/h1-10,12,17-18H,11H2,(H,19,20). The zero-order valence-electron chi connectivity index (χ0n) is 12.1. The number of hydrogen-bond donors (Lipinski definition) is 3. The molecule has 0 atom stereocenters. The van der Waals surface area contributed by atoms with Crippen LogP contribution in [0.25, 0.3) is 0 Å². The van der Waals surface area contributed by atoms with Crippen molar-refractivity contribution in [2.45, 2.75) is 0 Å². The zero-order valence-corrected chi connectivity index (χ0v) is 13.0. The smallest absolute Gasteiger partial charge is 0.335 e. The highest BCUT2D eigenvalue weighted by molar-refractivity contribution is 7.95. The lowest BCUT2D eigenvalue weighted by Gasteiger charge is -2.05. The average molecular weight is 332 g/mol. The van der Waals surface area contributed by atoms with Crippen LogP contribution in [-0.2, 0) is 10.0 Å². The molecule has 0 saturated heterocycles. The minimum Gasteiger partial charge on any atom is -0.478 e. The van der Waals surface area contributed by atoms with Gasteiger partial charge in [0.25, 0.3) is 10.0 Å². The number of carboxylic acids is 1. The molecule has 23 heavy (non-hydrogen) atoms. The van der Waals surface area contributed by atoms with Gasteiger partial charge in [-0.15, -0.1) is 0 Å². The van der Waals surface area contributed by atoms with E-state index >= 15 is 0 Å². The van der Waals surface area contributed by atoms with E-state index in [1.165, 1.54) is 18.2 Å². The van der Waals surface area contributed by atoms with Crippen molar-refractivity contribution >= 4 is 27.4 Å². The molecule has 0 unspecified atom stereocenters. The molecule has 0 spiro atoms. The summed E-state index contributed by atoms with van der Waals surface area (Å²) < 4.78 is 26.1. The van der Waals surface area contributed by atoms with Gasteiger partial charge in [-0.3, -0.25) is 4.72 Å². The minimum atomic E-state index is -3.56. The summed E-state index contributed by atoms with van der Waals surface area (Å²) in [7, 11) is -3.56. The summed E-state index contributed by atoms with van der Waals surface area (Å²) in [4.78, 5) is 10.7. The largest absolute Gasteiger partial charge is 0.478 e. The van der Waals surface area contributed by atoms with Gasteiger partial charge in [0.15, 0.2) is 0 Å². The Morgan fingerprint density at radius 3 is 2.26 bits per heavy atom. The summed E-state index contributed by atoms with van der Waals surface area (Å²) in [5.74, 6) is -0.991. The van der Waals surface area contributed by atoms with Crippen molar-refractivity contribution in [3.8, 4) is 0 Å². The lowest BCUT2D eigenvalue weighted by molar-refractivity contribution is 0.0697. The van der Waals surface area contributed by atoms with Crippen LogP contribution in [-0.4, -0.2) is 26.0 Å². The van der Waals surface area contributed by atoms with Crippen molar-refractivity contribution in [3.63, 3.8) is 0 Å². The topological polar surface area (TPSA) is 95.5 Å². The van der Waals surface area contributed by atoms with Crippen molar-refractivity contribution in [2.75, 3.05) is 16.6 Å². The molecule has 0 aliphatic carbocycles. The van der Waals surface area contributed by atoms with Crippen molar-refractivity contribution in [2.24, 2.45) is 0 Å². The highest BCUT2D eigenvalue weighted by Gasteiger charge is 2.04. The van der Waals surface area contributed by atoms with E-state index in [4.69, 9.17) is 5.11 Å². The van der Waals surface area contributed by atoms with E-state index in [0.717, 1.165) is 5.41 Å². The SMILES string of the molecule is O=C(O)c1ccc(NCC=CS(=O)(=O)Nc2ccccc2)cc1. The number of benzene rings is 2. The lowest BCUT2D eigenvalue weighted by Crippen LogP contribution is -2.09. The summed E-state index contributed by atoms with van der Waals surface area (Å²) in [6, 6.07) is 14.8. The van der Waals surface area contributed by atoms with E-state index in [9.17, 15) is 13.2 Å². The van der Waals surface area contributed by atoms with Gasteiger partial charge in [0.1, 0.15) is 0 Å². The molecule has 3 N–H and O–H groups in total. The molecule has 0 aromatic heterocycles. The summed E-state index contributed by atoms with van der Waals surface area (Å²) in [5, 5.41) is 12.9. The van der Waals surface area contributed by atoms with Gasteiger partial charge < -0.3 is 10.4 Å². The molecule has 0 saturated carbocycles. The van der Waals surface area contributed by atoms with Crippen LogP contribution in [0.3, 0.4) is 0 Å². The van der Waals surface area contributed by atoms with Gasteiger partial charge in [-0.2, -0.15) is 0 Å². The molecule has 2 rings (SSSR count). The first-order chi connectivity index (χ1) is 11.0. The van der Waals surface area contributed by atoms with E-state index < -0.39 is 16.0 Å². The monoisotopic (exact) mass is 332 g/mol. The third-order valence-electron chi connectivity index (χ3n) is 2.87. The Kier molecular flexibility index (Phi) is 5.37. The van der Waals surface area contributed by atoms with Crippen molar-refractivity contribution in [1.82, 2.24) is 0 Å². The molecule has 2 aromatic carbocycles. The number of sulfonamides is 1. The number of nitrogens with one attached hydrogen (secondary N) is 2. The molecule has 2 aromatic rings. The van der Waals surface area contributed by atoms with Gasteiger partial charge in [-0.1, -0.05) is 24.3 Å². The van der Waals surface area contributed by atoms with Gasteiger partial charge in [0.2, 0.25) is 0 Å². The number of hydrogen-bond acceptors (Lipinski definition) is 4. The van der Waals surface area contributed by atoms with Crippen molar-refractivity contribution < 1.29 is 18.3 Å². The summed E-state index contributed by atoms with van der Waals surface area (Å²) in [5.41, 5.74) is 1.39. The first-order valence-corrected chi connectivity index (χ1v) is 8.32. The Bertz CT molecular complexity index is 785. The van der Waals surface area contributed by atoms with Gasteiger partial charge in [0, 0.05) is 23.3 Å². The molecule has 0 bridgehead atoms. The Morgan fingerprint density at radius 2 is 1.65 bits per heavy atom. The maximum Gasteiger partial charge on any atom is 0.335 e. The highest BCUT2D eigenvalue weighted by atomic mass is 32.2. The second kappa shape index (κ2) is 7.46. The summed E-state index contributed by atoms with van der Waals surface area (Å²) in [6.45, 7) is 0.294. The van der Waals surface area contributed by atoms with Crippen LogP contribution >= 0.6 is 0 Å². The normalized spacial score (nSPS) is 11.3. The number of rotatable bonds is 7. The van der Waals surface area contributed by atoms with E-state index in [1.807, 2.05) is 0 Å². The quantitative estimate of drug-likeness (QED) is 0.724. The van der Waals surface area contributed by atoms with Gasteiger partial charge in [-0.05, 0) is 36.4 Å². The second-order valence-corrected chi connectivity index (χ2v) is 6.21. The third-order valence-corrected chi connectivity index (χ3v) is 3.94. The number of anilines is 2. The van der Waals surface area contributed by atoms with E-state index in [2.05, 4.69) is 10.0 Å². The molecule has 0 amide bonds. The van der Waals surface area contributed by atoms with E-state index in [-0.39, 0.29) is 5.56 Å². The molecule has 0 fully saturated rings. The number of carboxylic acid groups (broad SMARTS) is 1. The minimum absolute atomic E-state index is 0.195. The van der Waals surface area contributed by atoms with Crippen LogP contribution < -0.4 is 10.0 Å². The Hall–Kier alpha value is -2.80. The molecular weight excluding hydrogens is 316 g/mol. The van der Waals surface area contributed by atoms with Crippen LogP contribution in [0.15, 0.2) is 66.1 Å².